The predicted molar refractivity (Wildman–Crippen MR) is 83.5 cm³/mol. The molecule has 0 aliphatic carbocycles. The Kier molecular flexibility index (Phi) is 4.10. The van der Waals surface area contributed by atoms with Crippen LogP contribution >= 0.6 is 0 Å². The van der Waals surface area contributed by atoms with Gasteiger partial charge in [-0.05, 0) is 29.3 Å². The van der Waals surface area contributed by atoms with E-state index in [0.717, 1.165) is 5.56 Å². The highest BCUT2D eigenvalue weighted by Gasteiger charge is 2.22. The molecule has 1 aromatic carbocycles. The van der Waals surface area contributed by atoms with E-state index in [1.165, 1.54) is 29.8 Å². The Morgan fingerprint density at radius 1 is 1.13 bits per heavy atom. The summed E-state index contributed by atoms with van der Waals surface area (Å²) >= 11 is 0. The first-order valence-corrected chi connectivity index (χ1v) is 8.72. The van der Waals surface area contributed by atoms with Crippen molar-refractivity contribution in [3.05, 3.63) is 64.0 Å². The lowest BCUT2D eigenvalue weighted by Crippen LogP contribution is -2.24. The monoisotopic (exact) mass is 333 g/mol. The molecule has 23 heavy (non-hydrogen) atoms. The Balaban J connectivity index is 1.65. The van der Waals surface area contributed by atoms with Crippen molar-refractivity contribution in [2.45, 2.75) is 18.0 Å². The number of pyridine rings is 1. The van der Waals surface area contributed by atoms with Gasteiger partial charge in [0.05, 0.1) is 15.6 Å². The van der Waals surface area contributed by atoms with Crippen LogP contribution in [0.3, 0.4) is 0 Å². The molecular weight excluding hydrogens is 318 g/mol. The molecule has 1 aromatic heterocycles. The number of hydrogen-bond donors (Lipinski definition) is 0. The van der Waals surface area contributed by atoms with E-state index < -0.39 is 14.8 Å². The molecular formula is C15H15N3O4S. The predicted octanol–water partition coefficient (Wildman–Crippen LogP) is 1.78. The van der Waals surface area contributed by atoms with Crippen LogP contribution in [0.4, 0.5) is 5.69 Å². The maximum atomic E-state index is 12.3. The van der Waals surface area contributed by atoms with Crippen LogP contribution in [0.2, 0.25) is 0 Å². The molecule has 0 spiro atoms. The minimum atomic E-state index is -3.46. The van der Waals surface area contributed by atoms with Gasteiger partial charge in [0, 0.05) is 44.2 Å². The second kappa shape index (κ2) is 6.05. The quantitative estimate of drug-likeness (QED) is 0.611. The summed E-state index contributed by atoms with van der Waals surface area (Å²) in [5.74, 6) is -0.0216. The summed E-state index contributed by atoms with van der Waals surface area (Å²) in [6, 6.07) is 6.95. The Bertz CT molecular complexity index is 809. The number of nitro groups is 1. The average Bonchev–Trinajstić information content (AvgIpc) is 2.96. The lowest BCUT2D eigenvalue weighted by molar-refractivity contribution is -0.384. The van der Waals surface area contributed by atoms with Gasteiger partial charge in [0.25, 0.3) is 5.69 Å². The van der Waals surface area contributed by atoms with Gasteiger partial charge in [-0.1, -0.05) is 0 Å². The Labute approximate surface area is 133 Å². The molecule has 8 heteroatoms. The van der Waals surface area contributed by atoms with Crippen molar-refractivity contribution in [3.63, 3.8) is 0 Å². The fourth-order valence-corrected chi connectivity index (χ4v) is 3.88. The largest absolute Gasteiger partial charge is 0.294 e. The van der Waals surface area contributed by atoms with E-state index in [1.807, 2.05) is 6.07 Å². The van der Waals surface area contributed by atoms with Gasteiger partial charge >= 0.3 is 0 Å². The molecule has 0 fully saturated rings. The standard InChI is InChI=1S/C15H15N3O4S/c19-18(20)14-1-3-15(4-2-14)23(21,22)8-7-17-10-12-5-6-16-9-13(12)11-17/h1-6,9H,7-8,10-11H2. The second-order valence-corrected chi connectivity index (χ2v) is 7.53. The van der Waals surface area contributed by atoms with Crippen molar-refractivity contribution in [3.8, 4) is 0 Å². The van der Waals surface area contributed by atoms with E-state index in [0.29, 0.717) is 19.6 Å². The summed E-state index contributed by atoms with van der Waals surface area (Å²) in [4.78, 5) is 16.3. The van der Waals surface area contributed by atoms with E-state index in [1.54, 1.807) is 12.4 Å². The minimum Gasteiger partial charge on any atom is -0.294 e. The molecule has 1 aliphatic rings. The van der Waals surface area contributed by atoms with Gasteiger partial charge in [0.1, 0.15) is 0 Å². The van der Waals surface area contributed by atoms with Crippen LogP contribution in [0.25, 0.3) is 0 Å². The second-order valence-electron chi connectivity index (χ2n) is 5.42. The van der Waals surface area contributed by atoms with Crippen molar-refractivity contribution in [1.82, 2.24) is 9.88 Å². The molecule has 0 amide bonds. The lowest BCUT2D eigenvalue weighted by atomic mass is 10.2. The maximum Gasteiger partial charge on any atom is 0.269 e. The number of hydrogen-bond acceptors (Lipinski definition) is 6. The Hall–Kier alpha value is -2.32. The molecule has 7 nitrogen and oxygen atoms in total. The normalized spacial score (nSPS) is 14.6. The lowest BCUT2D eigenvalue weighted by Gasteiger charge is -2.14. The summed E-state index contributed by atoms with van der Waals surface area (Å²) in [5, 5.41) is 10.6. The first-order chi connectivity index (χ1) is 11.0. The highest BCUT2D eigenvalue weighted by Crippen LogP contribution is 2.22. The van der Waals surface area contributed by atoms with Gasteiger partial charge in [-0.3, -0.25) is 20.0 Å². The zero-order valence-electron chi connectivity index (χ0n) is 12.3. The van der Waals surface area contributed by atoms with Gasteiger partial charge in [-0.25, -0.2) is 8.42 Å². The topological polar surface area (TPSA) is 93.4 Å². The van der Waals surface area contributed by atoms with Crippen LogP contribution < -0.4 is 0 Å². The number of sulfone groups is 1. The highest BCUT2D eigenvalue weighted by molar-refractivity contribution is 7.91. The number of nitrogens with zero attached hydrogens (tertiary/aromatic N) is 3. The SMILES string of the molecule is O=[N+]([O-])c1ccc(S(=O)(=O)CCN2Cc3ccncc3C2)cc1. The molecule has 1 aliphatic heterocycles. The van der Waals surface area contributed by atoms with Crippen LogP contribution in [0, 0.1) is 10.1 Å². The van der Waals surface area contributed by atoms with Gasteiger partial charge < -0.3 is 0 Å². The van der Waals surface area contributed by atoms with E-state index in [-0.39, 0.29) is 16.3 Å². The van der Waals surface area contributed by atoms with E-state index >= 15 is 0 Å². The van der Waals surface area contributed by atoms with Crippen molar-refractivity contribution in [2.75, 3.05) is 12.3 Å². The van der Waals surface area contributed by atoms with Gasteiger partial charge in [-0.15, -0.1) is 0 Å². The van der Waals surface area contributed by atoms with Gasteiger partial charge in [0.15, 0.2) is 9.84 Å². The van der Waals surface area contributed by atoms with Crippen molar-refractivity contribution < 1.29 is 13.3 Å². The minimum absolute atomic E-state index is 0.0216. The molecule has 3 rings (SSSR count). The molecule has 0 atom stereocenters. The van der Waals surface area contributed by atoms with Crippen LogP contribution in [0.1, 0.15) is 11.1 Å². The van der Waals surface area contributed by atoms with Crippen LogP contribution in [-0.2, 0) is 22.9 Å². The van der Waals surface area contributed by atoms with Gasteiger partial charge in [0.2, 0.25) is 0 Å². The Morgan fingerprint density at radius 2 is 1.83 bits per heavy atom. The molecule has 120 valence electrons. The smallest absolute Gasteiger partial charge is 0.269 e. The van der Waals surface area contributed by atoms with Crippen LogP contribution in [0.5, 0.6) is 0 Å². The third-order valence-electron chi connectivity index (χ3n) is 3.88. The molecule has 2 heterocycles. The molecule has 2 aromatic rings. The molecule has 0 unspecified atom stereocenters. The number of nitro benzene ring substituents is 1. The number of aromatic nitrogens is 1. The summed E-state index contributed by atoms with van der Waals surface area (Å²) in [5.41, 5.74) is 2.18. The summed E-state index contributed by atoms with van der Waals surface area (Å²) in [6.45, 7) is 1.82. The maximum absolute atomic E-state index is 12.3. The molecule has 0 saturated carbocycles. The zero-order chi connectivity index (χ0) is 16.4. The number of fused-ring (bicyclic) bond motifs is 1. The van der Waals surface area contributed by atoms with E-state index in [4.69, 9.17) is 0 Å². The Morgan fingerprint density at radius 3 is 2.48 bits per heavy atom. The van der Waals surface area contributed by atoms with E-state index in [2.05, 4.69) is 9.88 Å². The fourth-order valence-electron chi connectivity index (χ4n) is 2.59. The molecule has 0 saturated heterocycles. The fraction of sp³-hybridized carbons (Fsp3) is 0.267. The van der Waals surface area contributed by atoms with Crippen LogP contribution in [-0.4, -0.2) is 35.5 Å². The molecule has 0 bridgehead atoms. The summed E-state index contributed by atoms with van der Waals surface area (Å²) in [6.07, 6.45) is 3.54. The zero-order valence-corrected chi connectivity index (χ0v) is 13.1. The first kappa shape index (κ1) is 15.6. The number of rotatable bonds is 5. The average molecular weight is 333 g/mol. The third-order valence-corrected chi connectivity index (χ3v) is 5.59. The summed E-state index contributed by atoms with van der Waals surface area (Å²) in [7, 11) is -3.46. The van der Waals surface area contributed by atoms with Crippen LogP contribution in [0.15, 0.2) is 47.6 Å². The van der Waals surface area contributed by atoms with E-state index in [9.17, 15) is 18.5 Å². The van der Waals surface area contributed by atoms with Crippen molar-refractivity contribution >= 4 is 15.5 Å². The number of benzene rings is 1. The summed E-state index contributed by atoms with van der Waals surface area (Å²) < 4.78 is 24.7. The van der Waals surface area contributed by atoms with Crippen molar-refractivity contribution in [1.29, 1.82) is 0 Å². The highest BCUT2D eigenvalue weighted by atomic mass is 32.2. The first-order valence-electron chi connectivity index (χ1n) is 7.07. The molecule has 0 radical (unpaired) electrons. The van der Waals surface area contributed by atoms with Gasteiger partial charge in [-0.2, -0.15) is 0 Å². The number of non-ortho nitro benzene ring substituents is 1. The third kappa shape index (κ3) is 3.38. The van der Waals surface area contributed by atoms with Crippen molar-refractivity contribution in [2.24, 2.45) is 0 Å². The molecule has 0 N–H and O–H groups in total.